The maximum absolute atomic E-state index is 13.8. The van der Waals surface area contributed by atoms with Crippen molar-refractivity contribution in [3.8, 4) is 11.3 Å². The molecule has 5 aromatic rings. The monoisotopic (exact) mass is 738 g/mol. The van der Waals surface area contributed by atoms with Crippen molar-refractivity contribution < 1.29 is 23.6 Å². The molecule has 0 bridgehead atoms. The first-order valence-electron chi connectivity index (χ1n) is 19.4. The Hall–Kier alpha value is -5.54. The van der Waals surface area contributed by atoms with Crippen molar-refractivity contribution in [2.45, 2.75) is 70.0 Å². The standard InChI is InChI=1S/C46H50N4O5/c1-30(2)42(33-13-7-5-8-14-33)45(53)50-26-12-18-38(50)44(52)47-36-22-20-32(21-23-36)41-29-35-27-31(19-24-40(35)55-41)28-39(51)37-17-11-25-49(37)46(54)43(48(3)4)34-15-9-6-10-16-34/h5-10,13-16,19-24,27,29-30,37-38,42-43H,11-12,17-18,25-26,28H2,1-4H3,(H,47,52)/t37-,38-,42+,43+/m0/s1. The number of carbonyl (C=O) groups excluding carboxylic acids is 4. The maximum Gasteiger partial charge on any atom is 0.247 e. The number of benzene rings is 4. The Kier molecular flexibility index (Phi) is 11.3. The predicted molar refractivity (Wildman–Crippen MR) is 215 cm³/mol. The molecule has 2 saturated heterocycles. The van der Waals surface area contributed by atoms with Crippen LogP contribution in [0.4, 0.5) is 5.69 Å². The van der Waals surface area contributed by atoms with Crippen molar-refractivity contribution in [3.63, 3.8) is 0 Å². The van der Waals surface area contributed by atoms with Gasteiger partial charge >= 0.3 is 0 Å². The zero-order valence-electron chi connectivity index (χ0n) is 32.1. The summed E-state index contributed by atoms with van der Waals surface area (Å²) in [4.78, 5) is 60.3. The first kappa shape index (κ1) is 37.8. The molecule has 2 aliphatic rings. The molecule has 1 N–H and O–H groups in total. The highest BCUT2D eigenvalue weighted by molar-refractivity contribution is 5.99. The van der Waals surface area contributed by atoms with Gasteiger partial charge in [0, 0.05) is 36.1 Å². The number of anilines is 1. The Morgan fingerprint density at radius 1 is 0.745 bits per heavy atom. The van der Waals surface area contributed by atoms with Gasteiger partial charge in [0.15, 0.2) is 5.78 Å². The van der Waals surface area contributed by atoms with Crippen molar-refractivity contribution in [2.24, 2.45) is 5.92 Å². The summed E-state index contributed by atoms with van der Waals surface area (Å²) in [5, 5.41) is 3.92. The number of hydrogen-bond donors (Lipinski definition) is 1. The lowest BCUT2D eigenvalue weighted by Crippen LogP contribution is -2.46. The SMILES string of the molecule is CC(C)[C@@H](C(=O)N1CCC[C@H]1C(=O)Nc1ccc(-c2cc3cc(CC(=O)[C@@H]4CCCN4C(=O)[C@@H](c4ccccc4)N(C)C)ccc3o2)cc1)c1ccccc1. The molecule has 1 aromatic heterocycles. The van der Waals surface area contributed by atoms with E-state index in [1.54, 1.807) is 9.80 Å². The van der Waals surface area contributed by atoms with Gasteiger partial charge in [0.2, 0.25) is 17.7 Å². The van der Waals surface area contributed by atoms with E-state index in [4.69, 9.17) is 4.42 Å². The minimum Gasteiger partial charge on any atom is -0.456 e. The molecular weight excluding hydrogens is 689 g/mol. The van der Waals surface area contributed by atoms with E-state index in [1.807, 2.05) is 142 Å². The van der Waals surface area contributed by atoms with Crippen molar-refractivity contribution in [3.05, 3.63) is 126 Å². The highest BCUT2D eigenvalue weighted by Crippen LogP contribution is 2.33. The van der Waals surface area contributed by atoms with Crippen LogP contribution < -0.4 is 5.32 Å². The van der Waals surface area contributed by atoms with E-state index in [0.717, 1.165) is 40.5 Å². The second-order valence-corrected chi connectivity index (χ2v) is 15.5. The number of nitrogens with one attached hydrogen (secondary N) is 1. The molecule has 2 aliphatic heterocycles. The summed E-state index contributed by atoms with van der Waals surface area (Å²) in [6.45, 7) is 5.24. The molecule has 3 amide bonds. The number of rotatable bonds is 12. The van der Waals surface area contributed by atoms with Gasteiger partial charge in [0.25, 0.3) is 0 Å². The lowest BCUT2D eigenvalue weighted by atomic mass is 9.87. The van der Waals surface area contributed by atoms with Crippen LogP contribution in [0, 0.1) is 5.92 Å². The molecule has 0 unspecified atom stereocenters. The Bertz CT molecular complexity index is 2140. The summed E-state index contributed by atoms with van der Waals surface area (Å²) in [6, 6.07) is 33.4. The number of furan rings is 1. The molecule has 284 valence electrons. The number of likely N-dealkylation sites (tertiary alicyclic amines) is 2. The number of ketones is 1. The fourth-order valence-corrected chi connectivity index (χ4v) is 8.38. The molecule has 0 radical (unpaired) electrons. The van der Waals surface area contributed by atoms with Gasteiger partial charge < -0.3 is 19.5 Å². The van der Waals surface area contributed by atoms with Crippen molar-refractivity contribution in [2.75, 3.05) is 32.5 Å². The fourth-order valence-electron chi connectivity index (χ4n) is 8.38. The third-order valence-electron chi connectivity index (χ3n) is 11.1. The van der Waals surface area contributed by atoms with E-state index < -0.39 is 18.1 Å². The van der Waals surface area contributed by atoms with E-state index in [1.165, 1.54) is 0 Å². The molecule has 55 heavy (non-hydrogen) atoms. The summed E-state index contributed by atoms with van der Waals surface area (Å²) in [5.74, 6) is 0.287. The molecule has 0 saturated carbocycles. The summed E-state index contributed by atoms with van der Waals surface area (Å²) >= 11 is 0. The van der Waals surface area contributed by atoms with Crippen LogP contribution in [0.1, 0.15) is 68.2 Å². The van der Waals surface area contributed by atoms with Crippen LogP contribution in [0.3, 0.4) is 0 Å². The zero-order valence-corrected chi connectivity index (χ0v) is 32.1. The Morgan fingerprint density at radius 2 is 1.36 bits per heavy atom. The smallest absolute Gasteiger partial charge is 0.247 e. The Labute approximate surface area is 323 Å². The van der Waals surface area contributed by atoms with Crippen LogP contribution >= 0.6 is 0 Å². The molecular formula is C46H50N4O5. The number of amides is 3. The lowest BCUT2D eigenvalue weighted by Gasteiger charge is -2.31. The molecule has 9 heteroatoms. The highest BCUT2D eigenvalue weighted by atomic mass is 16.3. The number of fused-ring (bicyclic) bond motifs is 1. The molecule has 4 aromatic carbocycles. The summed E-state index contributed by atoms with van der Waals surface area (Å²) < 4.78 is 6.20. The largest absolute Gasteiger partial charge is 0.456 e. The van der Waals surface area contributed by atoms with Crippen molar-refractivity contribution in [1.82, 2.24) is 14.7 Å². The van der Waals surface area contributed by atoms with E-state index in [9.17, 15) is 19.2 Å². The first-order chi connectivity index (χ1) is 26.6. The molecule has 0 spiro atoms. The van der Waals surface area contributed by atoms with Gasteiger partial charge in [-0.15, -0.1) is 0 Å². The molecule has 7 rings (SSSR count). The molecule has 9 nitrogen and oxygen atoms in total. The van der Waals surface area contributed by atoms with E-state index in [2.05, 4.69) is 5.32 Å². The normalized spacial score (nSPS) is 18.2. The highest BCUT2D eigenvalue weighted by Gasteiger charge is 2.40. The zero-order chi connectivity index (χ0) is 38.6. The van der Waals surface area contributed by atoms with Crippen LogP contribution in [0.2, 0.25) is 0 Å². The van der Waals surface area contributed by atoms with Crippen LogP contribution in [-0.4, -0.2) is 77.5 Å². The van der Waals surface area contributed by atoms with Gasteiger partial charge in [0.1, 0.15) is 23.4 Å². The van der Waals surface area contributed by atoms with Crippen LogP contribution in [-0.2, 0) is 25.6 Å². The summed E-state index contributed by atoms with van der Waals surface area (Å²) in [7, 11) is 3.79. The van der Waals surface area contributed by atoms with Gasteiger partial charge in [-0.1, -0.05) is 80.6 Å². The molecule has 2 fully saturated rings. The van der Waals surface area contributed by atoms with Crippen molar-refractivity contribution in [1.29, 1.82) is 0 Å². The van der Waals surface area contributed by atoms with Gasteiger partial charge in [0.05, 0.1) is 12.0 Å². The minimum atomic E-state index is -0.518. The Morgan fingerprint density at radius 3 is 2.00 bits per heavy atom. The van der Waals surface area contributed by atoms with E-state index in [0.29, 0.717) is 43.0 Å². The van der Waals surface area contributed by atoms with Gasteiger partial charge in [-0.3, -0.25) is 24.1 Å². The number of hydrogen-bond acceptors (Lipinski definition) is 6. The Balaban J connectivity index is 0.992. The number of carbonyl (C=O) groups is 4. The van der Waals surface area contributed by atoms with Gasteiger partial charge in [-0.25, -0.2) is 0 Å². The topological polar surface area (TPSA) is 103 Å². The second kappa shape index (κ2) is 16.4. The molecule has 0 aliphatic carbocycles. The minimum absolute atomic E-state index is 0.000742. The van der Waals surface area contributed by atoms with Gasteiger partial charge in [-0.2, -0.15) is 0 Å². The fraction of sp³-hybridized carbons (Fsp3) is 0.348. The van der Waals surface area contributed by atoms with E-state index in [-0.39, 0.29) is 41.8 Å². The first-order valence-corrected chi connectivity index (χ1v) is 19.4. The van der Waals surface area contributed by atoms with Gasteiger partial charge in [-0.05, 0) is 105 Å². The summed E-state index contributed by atoms with van der Waals surface area (Å²) in [6.07, 6.45) is 3.11. The molecule has 3 heterocycles. The van der Waals surface area contributed by atoms with E-state index >= 15 is 0 Å². The quantitative estimate of drug-likeness (QED) is 0.140. The number of Topliss-reactive ketones (excluding diaryl/α,β-unsaturated/α-hetero) is 1. The average molecular weight is 739 g/mol. The van der Waals surface area contributed by atoms with Crippen LogP contribution in [0.5, 0.6) is 0 Å². The molecule has 4 atom stereocenters. The van der Waals surface area contributed by atoms with Crippen LogP contribution in [0.15, 0.2) is 114 Å². The number of nitrogens with zero attached hydrogens (tertiary/aromatic N) is 3. The lowest BCUT2D eigenvalue weighted by molar-refractivity contribution is -0.141. The van der Waals surface area contributed by atoms with Crippen LogP contribution in [0.25, 0.3) is 22.3 Å². The predicted octanol–water partition coefficient (Wildman–Crippen LogP) is 7.87. The summed E-state index contributed by atoms with van der Waals surface area (Å²) in [5.41, 5.74) is 4.96. The van der Waals surface area contributed by atoms with Crippen molar-refractivity contribution >= 4 is 40.2 Å². The average Bonchev–Trinajstić information content (AvgIpc) is 3.96. The second-order valence-electron chi connectivity index (χ2n) is 15.5. The maximum atomic E-state index is 13.8. The third kappa shape index (κ3) is 8.13. The third-order valence-corrected chi connectivity index (χ3v) is 11.1. The number of likely N-dealkylation sites (N-methyl/N-ethyl adjacent to an activating group) is 1.